The van der Waals surface area contributed by atoms with Crippen molar-refractivity contribution < 1.29 is 14.9 Å². The lowest BCUT2D eigenvalue weighted by atomic mass is 9.47. The van der Waals surface area contributed by atoms with Crippen LogP contribution in [0.3, 0.4) is 0 Å². The number of benzene rings is 1. The zero-order valence-electron chi connectivity index (χ0n) is 14.9. The molecule has 3 aliphatic carbocycles. The van der Waals surface area contributed by atoms with Crippen molar-refractivity contribution in [1.82, 2.24) is 4.90 Å². The summed E-state index contributed by atoms with van der Waals surface area (Å²) in [7, 11) is 0. The highest BCUT2D eigenvalue weighted by Crippen LogP contribution is 2.66. The molecule has 4 nitrogen and oxygen atoms in total. The summed E-state index contributed by atoms with van der Waals surface area (Å²) in [5.41, 5.74) is 1.40. The van der Waals surface area contributed by atoms with E-state index >= 15 is 0 Å². The predicted molar refractivity (Wildman–Crippen MR) is 94.0 cm³/mol. The molecule has 5 atom stereocenters. The molecule has 5 unspecified atom stereocenters. The van der Waals surface area contributed by atoms with E-state index in [4.69, 9.17) is 4.74 Å². The third-order valence-corrected chi connectivity index (χ3v) is 8.06. The number of hydrogen-bond donors (Lipinski definition) is 2. The van der Waals surface area contributed by atoms with Gasteiger partial charge in [-0.1, -0.05) is 13.0 Å². The lowest BCUT2D eigenvalue weighted by Gasteiger charge is -2.64. The molecule has 2 N–H and O–H groups in total. The van der Waals surface area contributed by atoms with Crippen molar-refractivity contribution in [1.29, 1.82) is 0 Å². The van der Waals surface area contributed by atoms with Gasteiger partial charge in [0.15, 0.2) is 11.5 Å². The van der Waals surface area contributed by atoms with E-state index in [2.05, 4.69) is 17.9 Å². The minimum absolute atomic E-state index is 0.000764. The van der Waals surface area contributed by atoms with Gasteiger partial charge in [-0.2, -0.15) is 0 Å². The van der Waals surface area contributed by atoms with Crippen LogP contribution in [0, 0.1) is 11.8 Å². The van der Waals surface area contributed by atoms with Crippen molar-refractivity contribution >= 4 is 0 Å². The summed E-state index contributed by atoms with van der Waals surface area (Å²) >= 11 is 0. The smallest absolute Gasteiger partial charge is 0.165 e. The van der Waals surface area contributed by atoms with E-state index in [0.717, 1.165) is 50.3 Å². The number of ether oxygens (including phenoxy) is 1. The second-order valence-corrected chi connectivity index (χ2v) is 9.31. The lowest BCUT2D eigenvalue weighted by molar-refractivity contribution is -0.196. The highest BCUT2D eigenvalue weighted by atomic mass is 16.5. The molecule has 0 radical (unpaired) electrons. The van der Waals surface area contributed by atoms with Crippen molar-refractivity contribution in [3.8, 4) is 11.5 Å². The standard InChI is InChI=1S/C21H27NO3/c1-12-6-7-21(24)16-10-14-4-5-15(23)18-17(14)20(21,19(12)25-18)8-9-22(16)11-13-2-3-13/h4-5,12-13,16,19,23-24H,2-3,6-11H2,1H3. The van der Waals surface area contributed by atoms with Gasteiger partial charge in [-0.25, -0.2) is 0 Å². The van der Waals surface area contributed by atoms with Crippen LogP contribution < -0.4 is 4.74 Å². The van der Waals surface area contributed by atoms with Gasteiger partial charge in [0.25, 0.3) is 0 Å². The first kappa shape index (κ1) is 14.9. The van der Waals surface area contributed by atoms with E-state index in [1.54, 1.807) is 6.07 Å². The largest absolute Gasteiger partial charge is 0.504 e. The molecule has 1 aromatic carbocycles. The molecule has 1 spiro atoms. The van der Waals surface area contributed by atoms with Gasteiger partial charge in [0.2, 0.25) is 0 Å². The molecule has 0 aromatic heterocycles. The molecule has 2 heterocycles. The van der Waals surface area contributed by atoms with E-state index in [0.29, 0.717) is 11.7 Å². The lowest BCUT2D eigenvalue weighted by Crippen LogP contribution is -2.76. The first-order valence-corrected chi connectivity index (χ1v) is 10.0. The van der Waals surface area contributed by atoms with Gasteiger partial charge in [-0.15, -0.1) is 0 Å². The maximum atomic E-state index is 12.1. The van der Waals surface area contributed by atoms with E-state index in [9.17, 15) is 10.2 Å². The van der Waals surface area contributed by atoms with E-state index in [1.807, 2.05) is 0 Å². The Labute approximate surface area is 148 Å². The first-order chi connectivity index (χ1) is 12.0. The molecule has 2 saturated carbocycles. The Morgan fingerprint density at radius 2 is 2.08 bits per heavy atom. The summed E-state index contributed by atoms with van der Waals surface area (Å²) in [5.74, 6) is 2.17. The maximum absolute atomic E-state index is 12.1. The van der Waals surface area contributed by atoms with Crippen LogP contribution in [0.2, 0.25) is 0 Å². The van der Waals surface area contributed by atoms with Gasteiger partial charge >= 0.3 is 0 Å². The van der Waals surface area contributed by atoms with Crippen LogP contribution in [-0.2, 0) is 11.8 Å². The molecular formula is C21H27NO3. The number of likely N-dealkylation sites (tertiary alicyclic amines) is 1. The number of piperidine rings is 1. The average molecular weight is 341 g/mol. The number of aromatic hydroxyl groups is 1. The predicted octanol–water partition coefficient (Wildman–Crippen LogP) is 2.59. The van der Waals surface area contributed by atoms with Crippen molar-refractivity contribution in [2.24, 2.45) is 11.8 Å². The van der Waals surface area contributed by atoms with Crippen LogP contribution in [0.25, 0.3) is 0 Å². The van der Waals surface area contributed by atoms with Gasteiger partial charge in [0.05, 0.1) is 11.0 Å². The minimum Gasteiger partial charge on any atom is -0.504 e. The maximum Gasteiger partial charge on any atom is 0.165 e. The fraction of sp³-hybridized carbons (Fsp3) is 0.714. The fourth-order valence-electron chi connectivity index (χ4n) is 6.73. The molecule has 1 aromatic rings. The molecule has 3 fully saturated rings. The average Bonchev–Trinajstić information content (AvgIpc) is 3.32. The quantitative estimate of drug-likeness (QED) is 0.868. The summed E-state index contributed by atoms with van der Waals surface area (Å²) in [6.07, 6.45) is 6.39. The monoisotopic (exact) mass is 341 g/mol. The van der Waals surface area contributed by atoms with Crippen LogP contribution >= 0.6 is 0 Å². The summed E-state index contributed by atoms with van der Waals surface area (Å²) in [6.45, 7) is 4.44. The Kier molecular flexibility index (Phi) is 2.69. The molecule has 4 heteroatoms. The van der Waals surface area contributed by atoms with Gasteiger partial charge in [0.1, 0.15) is 6.10 Å². The Morgan fingerprint density at radius 1 is 1.24 bits per heavy atom. The topological polar surface area (TPSA) is 52.9 Å². The molecule has 25 heavy (non-hydrogen) atoms. The molecule has 6 rings (SSSR count). The normalized spacial score (nSPS) is 44.3. The summed E-state index contributed by atoms with van der Waals surface area (Å²) in [6, 6.07) is 4.06. The van der Waals surface area contributed by atoms with Crippen molar-refractivity contribution in [3.63, 3.8) is 0 Å². The highest BCUT2D eigenvalue weighted by molar-refractivity contribution is 5.62. The zero-order chi connectivity index (χ0) is 17.0. The number of rotatable bonds is 2. The Balaban J connectivity index is 1.57. The SMILES string of the molecule is CC1CCC2(O)C3Cc4ccc(O)c5c4C2(CCN3CC2CC2)C1O5. The zero-order valence-corrected chi connectivity index (χ0v) is 14.9. The van der Waals surface area contributed by atoms with Crippen LogP contribution in [0.4, 0.5) is 0 Å². The van der Waals surface area contributed by atoms with E-state index < -0.39 is 5.60 Å². The minimum atomic E-state index is -0.719. The molecule has 0 amide bonds. The van der Waals surface area contributed by atoms with E-state index in [1.165, 1.54) is 18.4 Å². The second kappa shape index (κ2) is 4.52. The third kappa shape index (κ3) is 1.62. The molecular weight excluding hydrogens is 314 g/mol. The molecule has 1 saturated heterocycles. The van der Waals surface area contributed by atoms with Crippen molar-refractivity contribution in [2.75, 3.05) is 13.1 Å². The van der Waals surface area contributed by atoms with Crippen LogP contribution in [0.5, 0.6) is 11.5 Å². The van der Waals surface area contributed by atoms with Crippen molar-refractivity contribution in [3.05, 3.63) is 23.3 Å². The molecule has 134 valence electrons. The summed E-state index contributed by atoms with van der Waals surface area (Å²) < 4.78 is 6.39. The summed E-state index contributed by atoms with van der Waals surface area (Å²) in [5, 5.41) is 22.6. The van der Waals surface area contributed by atoms with Crippen LogP contribution in [0.15, 0.2) is 12.1 Å². The third-order valence-electron chi connectivity index (χ3n) is 8.06. The number of aliphatic hydroxyl groups is 1. The number of phenolic OH excluding ortho intramolecular Hbond substituents is 1. The molecule has 2 aliphatic heterocycles. The Morgan fingerprint density at radius 3 is 2.88 bits per heavy atom. The van der Waals surface area contributed by atoms with Crippen LogP contribution in [0.1, 0.15) is 50.2 Å². The Bertz CT molecular complexity index is 760. The number of nitrogens with zero attached hydrogens (tertiary/aromatic N) is 1. The van der Waals surface area contributed by atoms with E-state index in [-0.39, 0.29) is 23.3 Å². The fourth-order valence-corrected chi connectivity index (χ4v) is 6.73. The van der Waals surface area contributed by atoms with Gasteiger partial charge in [0, 0.05) is 18.2 Å². The number of hydrogen-bond acceptors (Lipinski definition) is 4. The summed E-state index contributed by atoms with van der Waals surface area (Å²) in [4.78, 5) is 2.59. The highest BCUT2D eigenvalue weighted by Gasteiger charge is 2.72. The van der Waals surface area contributed by atoms with Crippen LogP contribution in [-0.4, -0.2) is 45.9 Å². The molecule has 2 bridgehead atoms. The van der Waals surface area contributed by atoms with Crippen molar-refractivity contribution in [2.45, 2.75) is 68.6 Å². The van der Waals surface area contributed by atoms with Gasteiger partial charge < -0.3 is 14.9 Å². The first-order valence-electron chi connectivity index (χ1n) is 10.0. The number of phenols is 1. The van der Waals surface area contributed by atoms with Gasteiger partial charge in [-0.05, 0) is 68.5 Å². The second-order valence-electron chi connectivity index (χ2n) is 9.31. The Hall–Kier alpha value is -1.26. The molecule has 5 aliphatic rings. The van der Waals surface area contributed by atoms with Gasteiger partial charge in [-0.3, -0.25) is 4.90 Å².